The van der Waals surface area contributed by atoms with E-state index in [9.17, 15) is 14.3 Å². The summed E-state index contributed by atoms with van der Waals surface area (Å²) < 4.78 is 13.5. The first-order valence-corrected chi connectivity index (χ1v) is 13.6. The van der Waals surface area contributed by atoms with Crippen LogP contribution in [0.4, 0.5) is 4.39 Å². The number of ketones is 1. The first kappa shape index (κ1) is 32.3. The molecule has 4 rings (SSSR count). The van der Waals surface area contributed by atoms with Crippen LogP contribution in [-0.2, 0) is 24.9 Å². The van der Waals surface area contributed by atoms with Crippen LogP contribution in [-0.4, -0.2) is 15.9 Å². The molecule has 0 spiro atoms. The summed E-state index contributed by atoms with van der Waals surface area (Å²) in [5.74, 6) is 0.333. The van der Waals surface area contributed by atoms with Gasteiger partial charge in [0.15, 0.2) is 5.78 Å². The third-order valence-electron chi connectivity index (χ3n) is 7.21. The van der Waals surface area contributed by atoms with Crippen LogP contribution >= 0.6 is 0 Å². The summed E-state index contributed by atoms with van der Waals surface area (Å²) in [6.45, 7) is 12.2. The topological polar surface area (TPSA) is 50.2 Å². The smallest absolute Gasteiger partial charge is 0.162 e. The number of nitrogens with zero attached hydrogens (tertiary/aromatic N) is 1. The van der Waals surface area contributed by atoms with Crippen LogP contribution in [0.1, 0.15) is 64.5 Å². The maximum Gasteiger partial charge on any atom is 0.162 e. The van der Waals surface area contributed by atoms with Gasteiger partial charge < -0.3 is 10.1 Å². The number of hydrogen-bond donors (Lipinski definition) is 1. The van der Waals surface area contributed by atoms with Crippen LogP contribution in [0.15, 0.2) is 66.6 Å². The van der Waals surface area contributed by atoms with Gasteiger partial charge in [0.05, 0.1) is 5.76 Å². The Morgan fingerprint density at radius 3 is 2.15 bits per heavy atom. The van der Waals surface area contributed by atoms with Crippen molar-refractivity contribution in [2.75, 3.05) is 0 Å². The van der Waals surface area contributed by atoms with Gasteiger partial charge in [-0.2, -0.15) is 0 Å². The van der Waals surface area contributed by atoms with Gasteiger partial charge in [-0.15, -0.1) is 34.9 Å². The summed E-state index contributed by atoms with van der Waals surface area (Å²) in [5, 5.41) is 13.8. The summed E-state index contributed by atoms with van der Waals surface area (Å²) in [5.41, 5.74) is 4.20. The van der Waals surface area contributed by atoms with Gasteiger partial charge in [-0.25, -0.2) is 4.39 Å². The van der Waals surface area contributed by atoms with Crippen molar-refractivity contribution in [3.8, 4) is 11.3 Å². The Labute approximate surface area is 245 Å². The minimum atomic E-state index is -0.214. The number of hydrogen-bond acceptors (Lipinski definition) is 3. The second-order valence-electron chi connectivity index (χ2n) is 9.94. The predicted octanol–water partition coefficient (Wildman–Crippen LogP) is 9.48. The fraction of sp³-hybridized carbons (Fsp3) is 0.353. The number of aromatic nitrogens is 1. The van der Waals surface area contributed by atoms with Crippen LogP contribution in [0.5, 0.6) is 0 Å². The number of carbonyl (C=O) groups excluding carboxylic acids is 1. The summed E-state index contributed by atoms with van der Waals surface area (Å²) in [6, 6.07) is 18.5. The molecule has 0 atom stereocenters. The Morgan fingerprint density at radius 2 is 1.54 bits per heavy atom. The van der Waals surface area contributed by atoms with Gasteiger partial charge in [-0.1, -0.05) is 59.7 Å². The molecule has 1 N–H and O–H groups in total. The van der Waals surface area contributed by atoms with Crippen molar-refractivity contribution >= 4 is 27.3 Å². The monoisotopic (exact) mass is 705 g/mol. The van der Waals surface area contributed by atoms with Gasteiger partial charge >= 0.3 is 0 Å². The number of carbonyl (C=O) groups is 1. The molecule has 209 valence electrons. The maximum absolute atomic E-state index is 13.5. The molecule has 0 unspecified atom stereocenters. The molecule has 0 aliphatic rings. The summed E-state index contributed by atoms with van der Waals surface area (Å²) in [6.07, 6.45) is 6.72. The molecule has 1 radical (unpaired) electrons. The zero-order chi connectivity index (χ0) is 27.8. The molecule has 1 heterocycles. The molecule has 3 aromatic carbocycles. The van der Waals surface area contributed by atoms with E-state index in [1.807, 2.05) is 65.1 Å². The van der Waals surface area contributed by atoms with Crippen molar-refractivity contribution in [3.05, 3.63) is 89.6 Å². The van der Waals surface area contributed by atoms with Gasteiger partial charge in [-0.05, 0) is 71.1 Å². The van der Waals surface area contributed by atoms with Gasteiger partial charge in [0, 0.05) is 44.2 Å². The van der Waals surface area contributed by atoms with E-state index in [0.717, 1.165) is 64.0 Å². The molecule has 5 heteroatoms. The standard InChI is InChI=1S/C21H15FN.C13H24O2.Ir/c1-13-9-14(2)11-16(10-13)21-20-5-3-15-12-17(22)4-6-18(15)19(20)7-8-23-21;1-5-10(6-2)12(14)9-13(15)11(7-3)8-4;/h3-10,12H,1-2H3;9-11,14H,5-8H2,1-4H3;/q-1;;/b;12-9-;. The van der Waals surface area contributed by atoms with Crippen LogP contribution in [0.2, 0.25) is 0 Å². The molecule has 39 heavy (non-hydrogen) atoms. The van der Waals surface area contributed by atoms with Gasteiger partial charge in [-0.3, -0.25) is 4.79 Å². The maximum atomic E-state index is 13.5. The summed E-state index contributed by atoms with van der Waals surface area (Å²) in [7, 11) is 0. The van der Waals surface area contributed by atoms with Crippen molar-refractivity contribution in [1.29, 1.82) is 0 Å². The zero-order valence-corrected chi connectivity index (χ0v) is 26.2. The van der Waals surface area contributed by atoms with Gasteiger partial charge in [0.1, 0.15) is 5.82 Å². The Morgan fingerprint density at radius 1 is 0.897 bits per heavy atom. The third-order valence-corrected chi connectivity index (χ3v) is 7.21. The normalized spacial score (nSPS) is 11.5. The molecule has 0 bridgehead atoms. The molecule has 0 amide bonds. The minimum Gasteiger partial charge on any atom is -0.512 e. The number of aliphatic hydroxyl groups is 1. The second kappa shape index (κ2) is 15.1. The summed E-state index contributed by atoms with van der Waals surface area (Å²) in [4.78, 5) is 16.3. The van der Waals surface area contributed by atoms with Gasteiger partial charge in [0.25, 0.3) is 0 Å². The SMILES string of the molecule is CCC(CC)C(=O)/C=C(\O)C(CC)CC.Cc1[c-]c(-c2nccc3c2ccc2cc(F)ccc23)cc(C)c1.[Ir]. The van der Waals surface area contributed by atoms with Crippen molar-refractivity contribution in [1.82, 2.24) is 4.98 Å². The number of allylic oxidation sites excluding steroid dienone is 2. The Balaban J connectivity index is 0.000000294. The molecule has 1 aromatic heterocycles. The predicted molar refractivity (Wildman–Crippen MR) is 157 cm³/mol. The molecule has 0 fully saturated rings. The van der Waals surface area contributed by atoms with E-state index >= 15 is 0 Å². The van der Waals surface area contributed by atoms with Crippen molar-refractivity contribution < 1.29 is 34.4 Å². The molecule has 0 saturated carbocycles. The molecule has 0 aliphatic heterocycles. The fourth-order valence-corrected chi connectivity index (χ4v) is 4.98. The number of pyridine rings is 1. The molecule has 0 saturated heterocycles. The van der Waals surface area contributed by atoms with Crippen molar-refractivity contribution in [2.45, 2.75) is 67.2 Å². The van der Waals surface area contributed by atoms with Gasteiger partial charge in [0.2, 0.25) is 0 Å². The van der Waals surface area contributed by atoms with Crippen LogP contribution < -0.4 is 0 Å². The van der Waals surface area contributed by atoms with Crippen LogP contribution in [0.3, 0.4) is 0 Å². The third kappa shape index (κ3) is 8.06. The second-order valence-corrected chi connectivity index (χ2v) is 9.94. The largest absolute Gasteiger partial charge is 0.512 e. The van der Waals surface area contributed by atoms with E-state index in [2.05, 4.69) is 30.1 Å². The number of benzene rings is 3. The van der Waals surface area contributed by atoms with E-state index in [1.165, 1.54) is 17.7 Å². The molecule has 4 aromatic rings. The van der Waals surface area contributed by atoms with Crippen molar-refractivity contribution in [3.63, 3.8) is 0 Å². The molecular weight excluding hydrogens is 666 g/mol. The summed E-state index contributed by atoms with van der Waals surface area (Å²) >= 11 is 0. The minimum absolute atomic E-state index is 0. The van der Waals surface area contributed by atoms with E-state index in [4.69, 9.17) is 0 Å². The quantitative estimate of drug-likeness (QED) is 0.0861. The molecule has 0 aliphatic carbocycles. The number of aryl methyl sites for hydroxylation is 2. The average molecular weight is 705 g/mol. The average Bonchev–Trinajstić information content (AvgIpc) is 2.89. The Bertz CT molecular complexity index is 1420. The Hall–Kier alpha value is -2.88. The first-order valence-electron chi connectivity index (χ1n) is 13.6. The number of aliphatic hydroxyl groups excluding tert-OH is 1. The number of fused-ring (bicyclic) bond motifs is 3. The van der Waals surface area contributed by atoms with Crippen LogP contribution in [0, 0.1) is 37.6 Å². The number of halogens is 1. The zero-order valence-electron chi connectivity index (χ0n) is 23.8. The molecule has 3 nitrogen and oxygen atoms in total. The number of rotatable bonds is 8. The van der Waals surface area contributed by atoms with E-state index in [0.29, 0.717) is 0 Å². The van der Waals surface area contributed by atoms with E-state index < -0.39 is 0 Å². The molecular formula is C34H39FIrNO2-. The fourth-order valence-electron chi connectivity index (χ4n) is 4.98. The van der Waals surface area contributed by atoms with E-state index in [-0.39, 0.29) is 49.3 Å². The Kier molecular flexibility index (Phi) is 12.5. The first-order chi connectivity index (χ1) is 18.2. The van der Waals surface area contributed by atoms with Crippen LogP contribution in [0.25, 0.3) is 32.8 Å². The van der Waals surface area contributed by atoms with E-state index in [1.54, 1.807) is 6.07 Å². The van der Waals surface area contributed by atoms with Crippen molar-refractivity contribution in [2.24, 2.45) is 11.8 Å².